The highest BCUT2D eigenvalue weighted by Crippen LogP contribution is 2.45. The van der Waals surface area contributed by atoms with Crippen molar-refractivity contribution < 1.29 is 18.9 Å². The summed E-state index contributed by atoms with van der Waals surface area (Å²) in [5, 5.41) is 23.5. The van der Waals surface area contributed by atoms with Gasteiger partial charge in [-0.2, -0.15) is 0 Å². The van der Waals surface area contributed by atoms with E-state index >= 15 is 0 Å². The number of anilines is 2. The van der Waals surface area contributed by atoms with Gasteiger partial charge in [-0.05, 0) is 71.3 Å². The van der Waals surface area contributed by atoms with Gasteiger partial charge in [-0.1, -0.05) is 60.7 Å². The number of fused-ring (bicyclic) bond motifs is 2. The van der Waals surface area contributed by atoms with Gasteiger partial charge in [0.15, 0.2) is 0 Å². The van der Waals surface area contributed by atoms with Crippen molar-refractivity contribution in [1.82, 2.24) is 5.32 Å². The molecule has 0 radical (unpaired) electrons. The Hall–Kier alpha value is -5.83. The van der Waals surface area contributed by atoms with Gasteiger partial charge in [0, 0.05) is 46.3 Å². The molecule has 6 rings (SSSR count). The molecule has 1 unspecified atom stereocenters. The first-order chi connectivity index (χ1) is 21.2. The molecule has 0 spiro atoms. The van der Waals surface area contributed by atoms with Gasteiger partial charge in [-0.3, -0.25) is 19.7 Å². The van der Waals surface area contributed by atoms with Crippen LogP contribution >= 0.6 is 0 Å². The summed E-state index contributed by atoms with van der Waals surface area (Å²) >= 11 is 0. The van der Waals surface area contributed by atoms with Crippen molar-refractivity contribution in [3.05, 3.63) is 147 Å². The van der Waals surface area contributed by atoms with Crippen molar-refractivity contribution in [1.29, 1.82) is 0 Å². The monoisotopic (exact) mass is 586 g/mol. The molecule has 0 fully saturated rings. The third-order valence-electron chi connectivity index (χ3n) is 7.81. The molecule has 44 heavy (non-hydrogen) atoms. The van der Waals surface area contributed by atoms with Crippen LogP contribution < -0.4 is 16.0 Å². The minimum absolute atomic E-state index is 0.0162. The number of benzene rings is 5. The Bertz CT molecular complexity index is 2000. The molecule has 1 aliphatic rings. The molecule has 0 saturated carbocycles. The Morgan fingerprint density at radius 1 is 0.750 bits per heavy atom. The van der Waals surface area contributed by atoms with E-state index in [-0.39, 0.29) is 22.5 Å². The molecule has 1 atom stereocenters. The summed E-state index contributed by atoms with van der Waals surface area (Å²) in [5.74, 6) is -2.50. The second kappa shape index (κ2) is 11.4. The number of carbonyl (C=O) groups is 2. The Morgan fingerprint density at radius 3 is 1.84 bits per heavy atom. The van der Waals surface area contributed by atoms with Gasteiger partial charge in [0.25, 0.3) is 17.5 Å². The van der Waals surface area contributed by atoms with Crippen molar-refractivity contribution in [2.75, 3.05) is 10.6 Å². The van der Waals surface area contributed by atoms with Crippen molar-refractivity contribution in [2.24, 2.45) is 0 Å². The van der Waals surface area contributed by atoms with E-state index in [2.05, 4.69) is 22.0 Å². The van der Waals surface area contributed by atoms with Gasteiger partial charge < -0.3 is 16.0 Å². The molecular formula is C35H27FN4O4. The highest BCUT2D eigenvalue weighted by atomic mass is 19.1. The summed E-state index contributed by atoms with van der Waals surface area (Å²) in [6, 6.07) is 29.1. The first kappa shape index (κ1) is 28.3. The van der Waals surface area contributed by atoms with Crippen LogP contribution in [0.25, 0.3) is 21.5 Å². The van der Waals surface area contributed by atoms with Crippen LogP contribution in [0.15, 0.2) is 126 Å². The first-order valence-electron chi connectivity index (χ1n) is 13.9. The molecule has 1 heterocycles. The smallest absolute Gasteiger partial charge is 0.269 e. The molecular weight excluding hydrogens is 559 g/mol. The molecule has 218 valence electrons. The number of dihydropyridines is 1. The normalized spacial score (nSPS) is 14.8. The van der Waals surface area contributed by atoms with Gasteiger partial charge in [0.2, 0.25) is 0 Å². The fourth-order valence-electron chi connectivity index (χ4n) is 5.86. The Kier molecular flexibility index (Phi) is 7.36. The number of hydrogen-bond acceptors (Lipinski definition) is 5. The summed E-state index contributed by atoms with van der Waals surface area (Å²) in [4.78, 5) is 39.0. The van der Waals surface area contributed by atoms with Gasteiger partial charge in [0.1, 0.15) is 5.82 Å². The zero-order chi connectivity index (χ0) is 31.0. The molecule has 1 aliphatic heterocycles. The number of allylic oxidation sites excluding steroid dienone is 2. The van der Waals surface area contributed by atoms with Gasteiger partial charge >= 0.3 is 0 Å². The van der Waals surface area contributed by atoms with Gasteiger partial charge in [-0.15, -0.1) is 0 Å². The van der Waals surface area contributed by atoms with E-state index in [0.29, 0.717) is 17.1 Å². The standard InChI is InChI=1S/C35H27FN4O4/c1-20-30(34(41)38-24-15-17-25(18-16-24)40(43)44)33(31(21(2)37-20)35(42)39-29-14-8-7-13-28(29)36)32-26-11-5-3-9-22(26)19-23-10-4-6-12-27(23)32/h3-19,33,37H,1-2H3,(H,38,41)(H,39,42). The summed E-state index contributed by atoms with van der Waals surface area (Å²) in [6.45, 7) is 3.52. The summed E-state index contributed by atoms with van der Waals surface area (Å²) in [5.41, 5.74) is 2.61. The Labute approximate surface area is 252 Å². The van der Waals surface area contributed by atoms with E-state index in [9.17, 15) is 24.1 Å². The predicted molar refractivity (Wildman–Crippen MR) is 169 cm³/mol. The van der Waals surface area contributed by atoms with Gasteiger partial charge in [-0.25, -0.2) is 4.39 Å². The highest BCUT2D eigenvalue weighted by molar-refractivity contribution is 6.15. The molecule has 2 amide bonds. The fraction of sp³-hybridized carbons (Fsp3) is 0.0857. The average molecular weight is 587 g/mol. The van der Waals surface area contributed by atoms with E-state index in [4.69, 9.17) is 0 Å². The van der Waals surface area contributed by atoms with E-state index in [0.717, 1.165) is 27.1 Å². The van der Waals surface area contributed by atoms with Crippen LogP contribution in [0.4, 0.5) is 21.5 Å². The predicted octanol–water partition coefficient (Wildman–Crippen LogP) is 7.55. The molecule has 9 heteroatoms. The number of hydrogen-bond donors (Lipinski definition) is 3. The lowest BCUT2D eigenvalue weighted by molar-refractivity contribution is -0.384. The molecule has 0 aromatic heterocycles. The number of rotatable bonds is 6. The quantitative estimate of drug-likeness (QED) is 0.108. The average Bonchev–Trinajstić information content (AvgIpc) is 3.00. The molecule has 5 aromatic carbocycles. The molecule has 3 N–H and O–H groups in total. The number of nitrogens with one attached hydrogen (secondary N) is 3. The third-order valence-corrected chi connectivity index (χ3v) is 7.81. The Morgan fingerprint density at radius 2 is 1.27 bits per heavy atom. The summed E-state index contributed by atoms with van der Waals surface area (Å²) < 4.78 is 14.7. The fourth-order valence-corrected chi connectivity index (χ4v) is 5.86. The SMILES string of the molecule is CC1=C(C(=O)Nc2ccc([N+](=O)[O-])cc2)C(c2c3ccccc3cc3ccccc23)C(C(=O)Nc2ccccc2F)=C(C)N1. The highest BCUT2D eigenvalue weighted by Gasteiger charge is 2.38. The lowest BCUT2D eigenvalue weighted by Gasteiger charge is -2.33. The van der Waals surface area contributed by atoms with Crippen molar-refractivity contribution in [2.45, 2.75) is 19.8 Å². The Balaban J connectivity index is 1.55. The van der Waals surface area contributed by atoms with Crippen LogP contribution in [-0.4, -0.2) is 16.7 Å². The maximum absolute atomic E-state index is 14.7. The van der Waals surface area contributed by atoms with E-state index in [1.54, 1.807) is 19.9 Å². The zero-order valence-electron chi connectivity index (χ0n) is 23.9. The van der Waals surface area contributed by atoms with Crippen molar-refractivity contribution in [3.8, 4) is 0 Å². The van der Waals surface area contributed by atoms with E-state index in [1.165, 1.54) is 42.5 Å². The maximum Gasteiger partial charge on any atom is 0.269 e. The second-order valence-corrected chi connectivity index (χ2v) is 10.6. The van der Waals surface area contributed by atoms with Crippen LogP contribution in [0, 0.1) is 15.9 Å². The lowest BCUT2D eigenvalue weighted by atomic mass is 9.76. The number of nitro groups is 1. The first-order valence-corrected chi connectivity index (χ1v) is 13.9. The van der Waals surface area contributed by atoms with E-state index < -0.39 is 28.5 Å². The zero-order valence-corrected chi connectivity index (χ0v) is 23.9. The number of carbonyl (C=O) groups excluding carboxylic acids is 2. The van der Waals surface area contributed by atoms with Crippen LogP contribution in [0.5, 0.6) is 0 Å². The number of non-ortho nitro benzene ring substituents is 1. The number of nitrogens with zero attached hydrogens (tertiary/aromatic N) is 1. The van der Waals surface area contributed by atoms with Crippen LogP contribution in [0.1, 0.15) is 25.3 Å². The number of amides is 2. The topological polar surface area (TPSA) is 113 Å². The second-order valence-electron chi connectivity index (χ2n) is 10.6. The molecule has 0 saturated heterocycles. The molecule has 8 nitrogen and oxygen atoms in total. The van der Waals surface area contributed by atoms with Crippen LogP contribution in [0.3, 0.4) is 0 Å². The number of halogens is 1. The summed E-state index contributed by atoms with van der Waals surface area (Å²) in [7, 11) is 0. The van der Waals surface area contributed by atoms with E-state index in [1.807, 2.05) is 48.5 Å². The molecule has 5 aromatic rings. The largest absolute Gasteiger partial charge is 0.362 e. The number of para-hydroxylation sites is 1. The van der Waals surface area contributed by atoms with Crippen molar-refractivity contribution >= 4 is 50.4 Å². The van der Waals surface area contributed by atoms with Crippen LogP contribution in [-0.2, 0) is 9.59 Å². The lowest BCUT2D eigenvalue weighted by Crippen LogP contribution is -2.35. The van der Waals surface area contributed by atoms with Gasteiger partial charge in [0.05, 0.1) is 10.6 Å². The van der Waals surface area contributed by atoms with Crippen LogP contribution in [0.2, 0.25) is 0 Å². The minimum atomic E-state index is -0.864. The molecule has 0 bridgehead atoms. The minimum Gasteiger partial charge on any atom is -0.362 e. The number of nitro benzene ring substituents is 1. The maximum atomic E-state index is 14.7. The molecule has 0 aliphatic carbocycles. The summed E-state index contributed by atoms with van der Waals surface area (Å²) in [6.07, 6.45) is 0. The third kappa shape index (κ3) is 5.15. The van der Waals surface area contributed by atoms with Crippen molar-refractivity contribution in [3.63, 3.8) is 0 Å².